The Balaban J connectivity index is 1.88. The number of carbonyl (C=O) groups excluding carboxylic acids is 2. The van der Waals surface area contributed by atoms with Crippen LogP contribution in [-0.4, -0.2) is 41.2 Å². The molecule has 0 saturated heterocycles. The maximum atomic E-state index is 12.5. The standard InChI is InChI=1S/C19H17N3O3S2/c1-10-14(25-4)6-5-12-17(10)19(22-11(2)21-12)26-9-13(23)15-7-8-16(27-15)18(24)20-3/h5-8H,3,9H2,1-2,4H3. The maximum absolute atomic E-state index is 12.5. The van der Waals surface area contributed by atoms with Gasteiger partial charge in [0, 0.05) is 10.9 Å². The molecule has 1 amide bonds. The number of rotatable bonds is 6. The van der Waals surface area contributed by atoms with E-state index in [1.54, 1.807) is 19.2 Å². The number of hydrogen-bond donors (Lipinski definition) is 0. The molecule has 0 atom stereocenters. The first-order valence-corrected chi connectivity index (χ1v) is 9.83. The van der Waals surface area contributed by atoms with Gasteiger partial charge in [-0.3, -0.25) is 9.59 Å². The first kappa shape index (κ1) is 19.2. The van der Waals surface area contributed by atoms with E-state index < -0.39 is 5.91 Å². The van der Waals surface area contributed by atoms with E-state index >= 15 is 0 Å². The van der Waals surface area contributed by atoms with Crippen molar-refractivity contribution in [3.63, 3.8) is 0 Å². The third kappa shape index (κ3) is 3.91. The Labute approximate surface area is 164 Å². The lowest BCUT2D eigenvalue weighted by atomic mass is 10.1. The van der Waals surface area contributed by atoms with Crippen LogP contribution in [0.2, 0.25) is 0 Å². The molecule has 8 heteroatoms. The number of ether oxygens (including phenoxy) is 1. The van der Waals surface area contributed by atoms with Crippen molar-refractivity contribution >= 4 is 52.4 Å². The molecule has 0 radical (unpaired) electrons. The Hall–Kier alpha value is -2.58. The molecule has 6 nitrogen and oxygen atoms in total. The van der Waals surface area contributed by atoms with Gasteiger partial charge < -0.3 is 4.74 Å². The van der Waals surface area contributed by atoms with Crippen LogP contribution in [0.25, 0.3) is 10.9 Å². The minimum absolute atomic E-state index is 0.0712. The Morgan fingerprint density at radius 2 is 1.93 bits per heavy atom. The molecule has 0 saturated carbocycles. The lowest BCUT2D eigenvalue weighted by Crippen LogP contribution is -2.02. The van der Waals surface area contributed by atoms with Crippen LogP contribution in [0, 0.1) is 13.8 Å². The van der Waals surface area contributed by atoms with Crippen LogP contribution in [0.3, 0.4) is 0 Å². The smallest absolute Gasteiger partial charge is 0.286 e. The third-order valence-corrected chi connectivity index (χ3v) is 6.04. The number of carbonyl (C=O) groups is 2. The maximum Gasteiger partial charge on any atom is 0.286 e. The van der Waals surface area contributed by atoms with Gasteiger partial charge in [0.1, 0.15) is 16.6 Å². The molecule has 1 aromatic carbocycles. The fraction of sp³-hybridized carbons (Fsp3) is 0.211. The Kier molecular flexibility index (Phi) is 5.67. The van der Waals surface area contributed by atoms with Crippen molar-refractivity contribution in [3.05, 3.63) is 45.4 Å². The number of aromatic nitrogens is 2. The number of aliphatic imine (C=N–C) groups is 1. The van der Waals surface area contributed by atoms with E-state index in [0.29, 0.717) is 15.6 Å². The zero-order valence-corrected chi connectivity index (χ0v) is 16.7. The summed E-state index contributed by atoms with van der Waals surface area (Å²) in [5.74, 6) is 1.10. The van der Waals surface area contributed by atoms with Crippen molar-refractivity contribution < 1.29 is 14.3 Å². The summed E-state index contributed by atoms with van der Waals surface area (Å²) < 4.78 is 5.39. The van der Waals surface area contributed by atoms with Gasteiger partial charge in [0.25, 0.3) is 5.91 Å². The van der Waals surface area contributed by atoms with E-state index in [1.165, 1.54) is 11.8 Å². The lowest BCUT2D eigenvalue weighted by molar-refractivity contribution is 0.100. The van der Waals surface area contributed by atoms with Crippen LogP contribution in [0.1, 0.15) is 30.7 Å². The number of ketones is 1. The van der Waals surface area contributed by atoms with Gasteiger partial charge in [0.2, 0.25) is 0 Å². The summed E-state index contributed by atoms with van der Waals surface area (Å²) in [7, 11) is 1.62. The van der Waals surface area contributed by atoms with Gasteiger partial charge in [-0.2, -0.15) is 0 Å². The van der Waals surface area contributed by atoms with E-state index in [0.717, 1.165) is 38.6 Å². The average Bonchev–Trinajstić information content (AvgIpc) is 3.15. The van der Waals surface area contributed by atoms with Crippen LogP contribution in [-0.2, 0) is 0 Å². The molecule has 2 heterocycles. The van der Waals surface area contributed by atoms with Gasteiger partial charge in [-0.15, -0.1) is 11.3 Å². The van der Waals surface area contributed by atoms with E-state index in [1.807, 2.05) is 26.0 Å². The molecule has 3 aromatic rings. The van der Waals surface area contributed by atoms with Gasteiger partial charge in [0.05, 0.1) is 28.1 Å². The highest BCUT2D eigenvalue weighted by Crippen LogP contribution is 2.33. The zero-order valence-electron chi connectivity index (χ0n) is 15.1. The number of thioether (sulfide) groups is 1. The van der Waals surface area contributed by atoms with E-state index in [4.69, 9.17) is 4.74 Å². The van der Waals surface area contributed by atoms with Crippen LogP contribution < -0.4 is 4.74 Å². The monoisotopic (exact) mass is 399 g/mol. The second-order valence-corrected chi connectivity index (χ2v) is 7.75. The molecule has 2 aromatic heterocycles. The predicted molar refractivity (Wildman–Crippen MR) is 109 cm³/mol. The predicted octanol–water partition coefficient (Wildman–Crippen LogP) is 4.13. The number of nitrogens with zero attached hydrogens (tertiary/aromatic N) is 3. The summed E-state index contributed by atoms with van der Waals surface area (Å²) in [6.07, 6.45) is 0. The van der Waals surface area contributed by atoms with Gasteiger partial charge in [-0.05, 0) is 44.8 Å². The van der Waals surface area contributed by atoms with Crippen LogP contribution in [0.4, 0.5) is 0 Å². The molecule has 0 unspecified atom stereocenters. The lowest BCUT2D eigenvalue weighted by Gasteiger charge is -2.11. The molecule has 0 bridgehead atoms. The fourth-order valence-electron chi connectivity index (χ4n) is 2.65. The minimum atomic E-state index is -0.424. The molecule has 0 N–H and O–H groups in total. The average molecular weight is 399 g/mol. The van der Waals surface area contributed by atoms with Crippen LogP contribution >= 0.6 is 23.1 Å². The molecule has 0 fully saturated rings. The number of hydrogen-bond acceptors (Lipinski definition) is 7. The molecule has 0 aliphatic rings. The summed E-state index contributed by atoms with van der Waals surface area (Å²) in [5.41, 5.74) is 1.75. The van der Waals surface area contributed by atoms with Crippen molar-refractivity contribution in [3.8, 4) is 5.75 Å². The van der Waals surface area contributed by atoms with E-state index in [2.05, 4.69) is 21.7 Å². The summed E-state index contributed by atoms with van der Waals surface area (Å²) in [6, 6.07) is 7.01. The molecule has 27 heavy (non-hydrogen) atoms. The molecular weight excluding hydrogens is 382 g/mol. The second-order valence-electron chi connectivity index (χ2n) is 5.70. The Morgan fingerprint density at radius 3 is 2.63 bits per heavy atom. The number of thiophene rings is 1. The number of Topliss-reactive ketones (excluding diaryl/α,β-unsaturated/α-hetero) is 1. The van der Waals surface area contributed by atoms with Crippen molar-refractivity contribution in [2.45, 2.75) is 18.9 Å². The zero-order chi connectivity index (χ0) is 19.6. The molecule has 0 aliphatic carbocycles. The van der Waals surface area contributed by atoms with Crippen LogP contribution in [0.5, 0.6) is 5.75 Å². The highest BCUT2D eigenvalue weighted by Gasteiger charge is 2.17. The summed E-state index contributed by atoms with van der Waals surface area (Å²) in [6.45, 7) is 6.99. The number of amides is 1. The molecule has 0 spiro atoms. The van der Waals surface area contributed by atoms with Crippen molar-refractivity contribution in [2.24, 2.45) is 4.99 Å². The van der Waals surface area contributed by atoms with Crippen LogP contribution in [0.15, 0.2) is 34.3 Å². The Morgan fingerprint density at radius 1 is 1.19 bits per heavy atom. The van der Waals surface area contributed by atoms with E-state index in [-0.39, 0.29) is 11.5 Å². The van der Waals surface area contributed by atoms with Gasteiger partial charge in [-0.1, -0.05) is 11.8 Å². The molecule has 3 rings (SSSR count). The number of benzene rings is 1. The topological polar surface area (TPSA) is 81.5 Å². The minimum Gasteiger partial charge on any atom is -0.496 e. The highest BCUT2D eigenvalue weighted by atomic mass is 32.2. The molecule has 138 valence electrons. The largest absolute Gasteiger partial charge is 0.496 e. The number of fused-ring (bicyclic) bond motifs is 1. The summed E-state index contributed by atoms with van der Waals surface area (Å²) >= 11 is 2.48. The second kappa shape index (κ2) is 7.98. The first-order valence-electron chi connectivity index (χ1n) is 8.03. The van der Waals surface area contributed by atoms with Crippen molar-refractivity contribution in [1.29, 1.82) is 0 Å². The molecule has 0 aliphatic heterocycles. The fourth-order valence-corrected chi connectivity index (χ4v) is 4.62. The van der Waals surface area contributed by atoms with Gasteiger partial charge >= 0.3 is 0 Å². The Bertz CT molecular complexity index is 1060. The molecular formula is C19H17N3O3S2. The van der Waals surface area contributed by atoms with Gasteiger partial charge in [-0.25, -0.2) is 15.0 Å². The highest BCUT2D eigenvalue weighted by molar-refractivity contribution is 8.00. The van der Waals surface area contributed by atoms with Gasteiger partial charge in [0.15, 0.2) is 5.78 Å². The number of aryl methyl sites for hydroxylation is 2. The quantitative estimate of drug-likeness (QED) is 0.268. The van der Waals surface area contributed by atoms with Crippen molar-refractivity contribution in [1.82, 2.24) is 9.97 Å². The van der Waals surface area contributed by atoms with Crippen molar-refractivity contribution in [2.75, 3.05) is 12.9 Å². The summed E-state index contributed by atoms with van der Waals surface area (Å²) in [5, 5.41) is 1.62. The summed E-state index contributed by atoms with van der Waals surface area (Å²) in [4.78, 5) is 37.4. The SMILES string of the molecule is C=NC(=O)c1ccc(C(=O)CSc2nc(C)nc3ccc(OC)c(C)c23)s1. The normalized spacial score (nSPS) is 10.8. The third-order valence-electron chi connectivity index (χ3n) is 3.95. The van der Waals surface area contributed by atoms with E-state index in [9.17, 15) is 9.59 Å². The number of methoxy groups -OCH3 is 1. The first-order chi connectivity index (χ1) is 12.9.